The molecule has 2 aromatic rings. The molecule has 0 radical (unpaired) electrons. The Kier molecular flexibility index (Phi) is 6.68. The number of hydrogen-bond donors (Lipinski definition) is 3. The Hall–Kier alpha value is -3.39. The molecule has 0 aromatic heterocycles. The Morgan fingerprint density at radius 3 is 2.63 bits per heavy atom. The molecular weight excluding hydrogens is 408 g/mol. The van der Waals surface area contributed by atoms with Crippen LogP contribution in [0.2, 0.25) is 5.02 Å². The maximum atomic E-state index is 12.8. The number of para-hydroxylation sites is 1. The number of carbonyl (C=O) groups excluding carboxylic acids is 4. The van der Waals surface area contributed by atoms with E-state index in [2.05, 4.69) is 10.6 Å². The first-order valence-corrected chi connectivity index (χ1v) is 9.75. The number of benzene rings is 2. The van der Waals surface area contributed by atoms with Crippen molar-refractivity contribution in [3.8, 4) is 0 Å². The van der Waals surface area contributed by atoms with Gasteiger partial charge in [-0.2, -0.15) is 0 Å². The van der Waals surface area contributed by atoms with E-state index >= 15 is 0 Å². The van der Waals surface area contributed by atoms with E-state index in [0.717, 1.165) is 0 Å². The lowest BCUT2D eigenvalue weighted by Gasteiger charge is -2.17. The van der Waals surface area contributed by atoms with Gasteiger partial charge in [-0.15, -0.1) is 0 Å². The number of anilines is 2. The van der Waals surface area contributed by atoms with Gasteiger partial charge in [0.15, 0.2) is 0 Å². The standard InChI is InChI=1S/C21H21ClN4O4/c22-14-4-3-5-15(11-14)26-12-13(10-19(26)28)20(29)25-17-7-2-1-6-16(17)21(30)24-9-8-18(23)27/h1-7,11,13H,8-10,12H2,(H2,23,27)(H,24,30)(H,25,29). The molecule has 30 heavy (non-hydrogen) atoms. The number of primary amides is 1. The third kappa shape index (κ3) is 5.15. The van der Waals surface area contributed by atoms with Crippen molar-refractivity contribution in [2.75, 3.05) is 23.3 Å². The summed E-state index contributed by atoms with van der Waals surface area (Å²) in [5.74, 6) is -2.05. The van der Waals surface area contributed by atoms with Gasteiger partial charge in [-0.1, -0.05) is 29.8 Å². The van der Waals surface area contributed by atoms with E-state index in [0.29, 0.717) is 16.4 Å². The van der Waals surface area contributed by atoms with Gasteiger partial charge in [-0.3, -0.25) is 19.2 Å². The predicted octanol–water partition coefficient (Wildman–Crippen LogP) is 1.94. The Morgan fingerprint density at radius 2 is 1.90 bits per heavy atom. The Labute approximate surface area is 178 Å². The summed E-state index contributed by atoms with van der Waals surface area (Å²) in [4.78, 5) is 49.9. The fourth-order valence-electron chi connectivity index (χ4n) is 3.20. The third-order valence-corrected chi connectivity index (χ3v) is 4.94. The van der Waals surface area contributed by atoms with E-state index in [1.165, 1.54) is 4.90 Å². The summed E-state index contributed by atoms with van der Waals surface area (Å²) in [6.07, 6.45) is 0.0785. The molecule has 1 heterocycles. The molecule has 1 atom stereocenters. The molecule has 8 nitrogen and oxygen atoms in total. The van der Waals surface area contributed by atoms with Crippen molar-refractivity contribution < 1.29 is 19.2 Å². The molecule has 1 unspecified atom stereocenters. The minimum atomic E-state index is -0.567. The van der Waals surface area contributed by atoms with Crippen LogP contribution in [0, 0.1) is 5.92 Å². The zero-order valence-corrected chi connectivity index (χ0v) is 16.8. The molecule has 0 spiro atoms. The van der Waals surface area contributed by atoms with Crippen LogP contribution < -0.4 is 21.3 Å². The normalized spacial score (nSPS) is 15.7. The minimum Gasteiger partial charge on any atom is -0.370 e. The van der Waals surface area contributed by atoms with Crippen molar-refractivity contribution in [2.45, 2.75) is 12.8 Å². The fourth-order valence-corrected chi connectivity index (χ4v) is 3.38. The minimum absolute atomic E-state index is 0.0176. The number of halogens is 1. The van der Waals surface area contributed by atoms with Gasteiger partial charge in [0, 0.05) is 36.6 Å². The quantitative estimate of drug-likeness (QED) is 0.623. The number of nitrogens with one attached hydrogen (secondary N) is 2. The summed E-state index contributed by atoms with van der Waals surface area (Å²) in [7, 11) is 0. The highest BCUT2D eigenvalue weighted by Gasteiger charge is 2.35. The van der Waals surface area contributed by atoms with Crippen LogP contribution in [0.5, 0.6) is 0 Å². The zero-order chi connectivity index (χ0) is 21.7. The number of amides is 4. The fraction of sp³-hybridized carbons (Fsp3) is 0.238. The highest BCUT2D eigenvalue weighted by atomic mass is 35.5. The number of nitrogens with two attached hydrogens (primary N) is 1. The lowest BCUT2D eigenvalue weighted by Crippen LogP contribution is -2.30. The van der Waals surface area contributed by atoms with Crippen LogP contribution in [-0.4, -0.2) is 36.7 Å². The molecule has 0 saturated carbocycles. The molecule has 1 aliphatic rings. The third-order valence-electron chi connectivity index (χ3n) is 4.70. The Bertz CT molecular complexity index is 994. The molecule has 2 aromatic carbocycles. The van der Waals surface area contributed by atoms with Crippen molar-refractivity contribution in [1.29, 1.82) is 0 Å². The lowest BCUT2D eigenvalue weighted by molar-refractivity contribution is -0.122. The molecule has 1 aliphatic heterocycles. The summed E-state index contributed by atoms with van der Waals surface area (Å²) in [5.41, 5.74) is 6.29. The lowest BCUT2D eigenvalue weighted by atomic mass is 10.1. The second-order valence-electron chi connectivity index (χ2n) is 6.89. The molecule has 4 amide bonds. The van der Waals surface area contributed by atoms with E-state index < -0.39 is 17.7 Å². The highest BCUT2D eigenvalue weighted by molar-refractivity contribution is 6.31. The van der Waals surface area contributed by atoms with Crippen molar-refractivity contribution in [2.24, 2.45) is 11.7 Å². The van der Waals surface area contributed by atoms with E-state index in [4.69, 9.17) is 17.3 Å². The van der Waals surface area contributed by atoms with E-state index in [9.17, 15) is 19.2 Å². The topological polar surface area (TPSA) is 122 Å². The smallest absolute Gasteiger partial charge is 0.253 e. The van der Waals surface area contributed by atoms with Gasteiger partial charge < -0.3 is 21.3 Å². The first-order chi connectivity index (χ1) is 14.3. The molecule has 9 heteroatoms. The van der Waals surface area contributed by atoms with Gasteiger partial charge in [0.1, 0.15) is 0 Å². The van der Waals surface area contributed by atoms with E-state index in [1.54, 1.807) is 48.5 Å². The molecular formula is C21H21ClN4O4. The van der Waals surface area contributed by atoms with Crippen molar-refractivity contribution in [3.63, 3.8) is 0 Å². The largest absolute Gasteiger partial charge is 0.370 e. The molecule has 0 aliphatic carbocycles. The van der Waals surface area contributed by atoms with E-state index in [-0.39, 0.29) is 43.3 Å². The highest BCUT2D eigenvalue weighted by Crippen LogP contribution is 2.28. The van der Waals surface area contributed by atoms with Gasteiger partial charge in [0.2, 0.25) is 17.7 Å². The maximum absolute atomic E-state index is 12.8. The first-order valence-electron chi connectivity index (χ1n) is 9.37. The van der Waals surface area contributed by atoms with Crippen LogP contribution in [0.4, 0.5) is 11.4 Å². The van der Waals surface area contributed by atoms with Crippen molar-refractivity contribution in [1.82, 2.24) is 5.32 Å². The van der Waals surface area contributed by atoms with Gasteiger partial charge in [-0.05, 0) is 30.3 Å². The van der Waals surface area contributed by atoms with Crippen LogP contribution in [0.3, 0.4) is 0 Å². The van der Waals surface area contributed by atoms with Crippen LogP contribution in [0.15, 0.2) is 48.5 Å². The summed E-state index contributed by atoms with van der Waals surface area (Å²) in [5, 5.41) is 5.83. The Balaban J connectivity index is 1.67. The number of rotatable bonds is 7. The van der Waals surface area contributed by atoms with Gasteiger partial charge in [-0.25, -0.2) is 0 Å². The molecule has 3 rings (SSSR count). The average molecular weight is 429 g/mol. The summed E-state index contributed by atoms with van der Waals surface area (Å²) in [6.45, 7) is 0.320. The van der Waals surface area contributed by atoms with Crippen molar-refractivity contribution in [3.05, 3.63) is 59.1 Å². The van der Waals surface area contributed by atoms with Crippen LogP contribution in [0.1, 0.15) is 23.2 Å². The maximum Gasteiger partial charge on any atom is 0.253 e. The van der Waals surface area contributed by atoms with Crippen LogP contribution in [0.25, 0.3) is 0 Å². The summed E-state index contributed by atoms with van der Waals surface area (Å²) < 4.78 is 0. The van der Waals surface area contributed by atoms with Gasteiger partial charge >= 0.3 is 0 Å². The number of hydrogen-bond acceptors (Lipinski definition) is 4. The second-order valence-corrected chi connectivity index (χ2v) is 7.33. The van der Waals surface area contributed by atoms with E-state index in [1.807, 2.05) is 0 Å². The molecule has 1 saturated heterocycles. The van der Waals surface area contributed by atoms with Crippen LogP contribution in [-0.2, 0) is 14.4 Å². The molecule has 0 bridgehead atoms. The number of carbonyl (C=O) groups is 4. The van der Waals surface area contributed by atoms with Gasteiger partial charge in [0.25, 0.3) is 5.91 Å². The monoisotopic (exact) mass is 428 g/mol. The SMILES string of the molecule is NC(=O)CCNC(=O)c1ccccc1NC(=O)C1CC(=O)N(c2cccc(Cl)c2)C1. The first kappa shape index (κ1) is 21.3. The Morgan fingerprint density at radius 1 is 1.13 bits per heavy atom. The van der Waals surface area contributed by atoms with Crippen LogP contribution >= 0.6 is 11.6 Å². The number of nitrogens with zero attached hydrogens (tertiary/aromatic N) is 1. The van der Waals surface area contributed by atoms with Crippen molar-refractivity contribution >= 4 is 46.6 Å². The molecule has 156 valence electrons. The average Bonchev–Trinajstić information content (AvgIpc) is 3.10. The summed E-state index contributed by atoms with van der Waals surface area (Å²) in [6, 6.07) is 13.4. The summed E-state index contributed by atoms with van der Waals surface area (Å²) >= 11 is 6.00. The zero-order valence-electron chi connectivity index (χ0n) is 16.1. The molecule has 4 N–H and O–H groups in total. The second kappa shape index (κ2) is 9.41. The molecule has 1 fully saturated rings. The predicted molar refractivity (Wildman–Crippen MR) is 113 cm³/mol. The van der Waals surface area contributed by atoms with Gasteiger partial charge in [0.05, 0.1) is 17.2 Å².